The SMILES string of the molecule is O/N=C/c1ccc(OCCc2csc(-c3ccc(C(F)(F)F)cc3)n2)cc1. The van der Waals surface area contributed by atoms with Crippen LogP contribution in [-0.4, -0.2) is 23.0 Å². The molecule has 0 aliphatic heterocycles. The molecule has 8 heteroatoms. The van der Waals surface area contributed by atoms with E-state index in [0.29, 0.717) is 29.3 Å². The molecule has 0 radical (unpaired) electrons. The van der Waals surface area contributed by atoms with Crippen LogP contribution in [0.15, 0.2) is 59.1 Å². The highest BCUT2D eigenvalue weighted by molar-refractivity contribution is 7.13. The summed E-state index contributed by atoms with van der Waals surface area (Å²) in [5.74, 6) is 0.684. The molecule has 1 aromatic heterocycles. The van der Waals surface area contributed by atoms with E-state index in [1.165, 1.54) is 29.7 Å². The Morgan fingerprint density at radius 1 is 1.07 bits per heavy atom. The lowest BCUT2D eigenvalue weighted by Gasteiger charge is -2.06. The van der Waals surface area contributed by atoms with Crippen molar-refractivity contribution in [3.05, 3.63) is 70.7 Å². The van der Waals surface area contributed by atoms with Gasteiger partial charge in [-0.2, -0.15) is 13.2 Å². The second kappa shape index (κ2) is 8.22. The van der Waals surface area contributed by atoms with Gasteiger partial charge in [0.15, 0.2) is 0 Å². The van der Waals surface area contributed by atoms with Crippen molar-refractivity contribution in [2.45, 2.75) is 12.6 Å². The van der Waals surface area contributed by atoms with Gasteiger partial charge >= 0.3 is 6.18 Å². The number of hydrogen-bond donors (Lipinski definition) is 1. The first-order valence-corrected chi connectivity index (χ1v) is 8.86. The first-order valence-electron chi connectivity index (χ1n) is 7.98. The maximum Gasteiger partial charge on any atom is 0.416 e. The average Bonchev–Trinajstić information content (AvgIpc) is 3.12. The smallest absolute Gasteiger partial charge is 0.416 e. The van der Waals surface area contributed by atoms with Crippen molar-refractivity contribution in [2.75, 3.05) is 6.61 Å². The zero-order valence-electron chi connectivity index (χ0n) is 14.0. The van der Waals surface area contributed by atoms with Crippen LogP contribution in [0.3, 0.4) is 0 Å². The van der Waals surface area contributed by atoms with E-state index < -0.39 is 11.7 Å². The third-order valence-corrected chi connectivity index (χ3v) is 4.66. The van der Waals surface area contributed by atoms with Gasteiger partial charge in [0.1, 0.15) is 10.8 Å². The normalized spacial score (nSPS) is 11.8. The highest BCUT2D eigenvalue weighted by atomic mass is 32.1. The lowest BCUT2D eigenvalue weighted by atomic mass is 10.1. The summed E-state index contributed by atoms with van der Waals surface area (Å²) in [5.41, 5.74) is 1.55. The Morgan fingerprint density at radius 3 is 2.41 bits per heavy atom. The fourth-order valence-electron chi connectivity index (χ4n) is 2.35. The van der Waals surface area contributed by atoms with Gasteiger partial charge in [-0.15, -0.1) is 11.3 Å². The van der Waals surface area contributed by atoms with Crippen molar-refractivity contribution in [3.63, 3.8) is 0 Å². The number of ether oxygens (including phenoxy) is 1. The summed E-state index contributed by atoms with van der Waals surface area (Å²) in [6, 6.07) is 12.0. The topological polar surface area (TPSA) is 54.7 Å². The van der Waals surface area contributed by atoms with Crippen LogP contribution in [0.25, 0.3) is 10.6 Å². The van der Waals surface area contributed by atoms with E-state index in [1.54, 1.807) is 24.3 Å². The molecule has 0 amide bonds. The first-order chi connectivity index (χ1) is 13.0. The Bertz CT molecular complexity index is 904. The van der Waals surface area contributed by atoms with Crippen LogP contribution in [0.5, 0.6) is 5.75 Å². The predicted octanol–water partition coefficient (Wildman–Crippen LogP) is 5.26. The van der Waals surface area contributed by atoms with Gasteiger partial charge < -0.3 is 9.94 Å². The van der Waals surface area contributed by atoms with Gasteiger partial charge in [-0.25, -0.2) is 4.98 Å². The van der Waals surface area contributed by atoms with Gasteiger partial charge in [0.05, 0.1) is 24.1 Å². The Labute approximate surface area is 157 Å². The molecule has 1 heterocycles. The van der Waals surface area contributed by atoms with E-state index in [4.69, 9.17) is 9.94 Å². The summed E-state index contributed by atoms with van der Waals surface area (Å²) in [6.45, 7) is 0.420. The number of halogens is 3. The van der Waals surface area contributed by atoms with Gasteiger partial charge in [-0.05, 0) is 42.0 Å². The van der Waals surface area contributed by atoms with Crippen LogP contribution in [0.1, 0.15) is 16.8 Å². The third-order valence-electron chi connectivity index (χ3n) is 3.72. The van der Waals surface area contributed by atoms with Crippen molar-refractivity contribution in [3.8, 4) is 16.3 Å². The Balaban J connectivity index is 1.56. The van der Waals surface area contributed by atoms with Crippen LogP contribution in [0.4, 0.5) is 13.2 Å². The van der Waals surface area contributed by atoms with E-state index in [9.17, 15) is 13.2 Å². The molecule has 0 saturated heterocycles. The molecule has 0 saturated carbocycles. The van der Waals surface area contributed by atoms with Gasteiger partial charge in [-0.1, -0.05) is 17.3 Å². The van der Waals surface area contributed by atoms with Crippen LogP contribution < -0.4 is 4.74 Å². The van der Waals surface area contributed by atoms with Crippen LogP contribution in [0, 0.1) is 0 Å². The fraction of sp³-hybridized carbons (Fsp3) is 0.158. The molecular formula is C19H15F3N2O2S. The molecule has 3 aromatic rings. The number of rotatable bonds is 6. The molecule has 0 unspecified atom stereocenters. The second-order valence-electron chi connectivity index (χ2n) is 5.63. The maximum atomic E-state index is 12.6. The van der Waals surface area contributed by atoms with Crippen molar-refractivity contribution in [2.24, 2.45) is 5.16 Å². The molecule has 0 spiro atoms. The monoisotopic (exact) mass is 392 g/mol. The average molecular weight is 392 g/mol. The second-order valence-corrected chi connectivity index (χ2v) is 6.49. The Kier molecular flexibility index (Phi) is 5.75. The van der Waals surface area contributed by atoms with Gasteiger partial charge in [0.25, 0.3) is 0 Å². The summed E-state index contributed by atoms with van der Waals surface area (Å²) in [5, 5.41) is 14.0. The third kappa shape index (κ3) is 5.07. The van der Waals surface area contributed by atoms with E-state index >= 15 is 0 Å². The lowest BCUT2D eigenvalue weighted by Crippen LogP contribution is -2.04. The van der Waals surface area contributed by atoms with Gasteiger partial charge in [0.2, 0.25) is 0 Å². The molecule has 140 valence electrons. The van der Waals surface area contributed by atoms with E-state index in [2.05, 4.69) is 10.1 Å². The quantitative estimate of drug-likeness (QED) is 0.354. The first kappa shape index (κ1) is 18.9. The summed E-state index contributed by atoms with van der Waals surface area (Å²) < 4.78 is 43.5. The highest BCUT2D eigenvalue weighted by Gasteiger charge is 2.30. The molecule has 27 heavy (non-hydrogen) atoms. The molecule has 0 aliphatic carbocycles. The number of thiazole rings is 1. The Hall–Kier alpha value is -2.87. The van der Waals surface area contributed by atoms with E-state index in [-0.39, 0.29) is 0 Å². The fourth-order valence-corrected chi connectivity index (χ4v) is 3.21. The molecule has 1 N–H and O–H groups in total. The zero-order valence-corrected chi connectivity index (χ0v) is 14.8. The lowest BCUT2D eigenvalue weighted by molar-refractivity contribution is -0.137. The van der Waals surface area contributed by atoms with Gasteiger partial charge in [-0.3, -0.25) is 0 Å². The number of benzene rings is 2. The molecule has 2 aromatic carbocycles. The number of oxime groups is 1. The maximum absolute atomic E-state index is 12.6. The van der Waals surface area contributed by atoms with Crippen LogP contribution in [-0.2, 0) is 12.6 Å². The zero-order chi connectivity index (χ0) is 19.3. The molecule has 0 fully saturated rings. The molecular weight excluding hydrogens is 377 g/mol. The summed E-state index contributed by atoms with van der Waals surface area (Å²) in [7, 11) is 0. The minimum Gasteiger partial charge on any atom is -0.493 e. The highest BCUT2D eigenvalue weighted by Crippen LogP contribution is 2.31. The largest absolute Gasteiger partial charge is 0.493 e. The molecule has 4 nitrogen and oxygen atoms in total. The van der Waals surface area contributed by atoms with Crippen LogP contribution >= 0.6 is 11.3 Å². The number of alkyl halides is 3. The standard InChI is InChI=1S/C19H15F3N2O2S/c20-19(21,22)15-5-3-14(4-6-15)18-24-16(12-27-18)9-10-26-17-7-1-13(2-8-17)11-23-25/h1-8,11-12,25H,9-10H2/b23-11+. The number of nitrogens with zero attached hydrogens (tertiary/aromatic N) is 2. The number of hydrogen-bond acceptors (Lipinski definition) is 5. The van der Waals surface area contributed by atoms with Gasteiger partial charge in [0, 0.05) is 17.4 Å². The molecule has 0 aliphatic rings. The summed E-state index contributed by atoms with van der Waals surface area (Å²) in [4.78, 5) is 4.45. The predicted molar refractivity (Wildman–Crippen MR) is 97.6 cm³/mol. The minimum atomic E-state index is -4.34. The Morgan fingerprint density at radius 2 is 1.78 bits per heavy atom. The van der Waals surface area contributed by atoms with E-state index in [1.807, 2.05) is 5.38 Å². The van der Waals surface area contributed by atoms with Crippen molar-refractivity contribution >= 4 is 17.6 Å². The van der Waals surface area contributed by atoms with Crippen molar-refractivity contribution in [1.29, 1.82) is 0 Å². The number of aromatic nitrogens is 1. The molecule has 0 atom stereocenters. The molecule has 3 rings (SSSR count). The summed E-state index contributed by atoms with van der Waals surface area (Å²) >= 11 is 1.38. The van der Waals surface area contributed by atoms with Crippen molar-refractivity contribution < 1.29 is 23.1 Å². The summed E-state index contributed by atoms with van der Waals surface area (Å²) in [6.07, 6.45) is -2.44. The molecule has 0 bridgehead atoms. The van der Waals surface area contributed by atoms with E-state index in [0.717, 1.165) is 23.4 Å². The van der Waals surface area contributed by atoms with Crippen LogP contribution in [0.2, 0.25) is 0 Å². The van der Waals surface area contributed by atoms with Crippen molar-refractivity contribution in [1.82, 2.24) is 4.98 Å². The minimum absolute atomic E-state index is 0.420.